The van der Waals surface area contributed by atoms with Crippen LogP contribution in [0.1, 0.15) is 6.92 Å². The van der Waals surface area contributed by atoms with E-state index in [1.807, 2.05) is 36.5 Å². The molecule has 1 aliphatic heterocycles. The van der Waals surface area contributed by atoms with Crippen molar-refractivity contribution in [3.05, 3.63) is 42.9 Å². The molecule has 30 heavy (non-hydrogen) atoms. The van der Waals surface area contributed by atoms with Crippen LogP contribution in [0.2, 0.25) is 0 Å². The molecule has 4 rings (SSSR count). The maximum atomic E-state index is 13.0. The van der Waals surface area contributed by atoms with Gasteiger partial charge in [-0.1, -0.05) is 12.1 Å². The smallest absolute Gasteiger partial charge is 0.244 e. The summed E-state index contributed by atoms with van der Waals surface area (Å²) in [5, 5.41) is 3.44. The summed E-state index contributed by atoms with van der Waals surface area (Å²) in [5.74, 6) is 0.918. The van der Waals surface area contributed by atoms with Crippen LogP contribution in [0.3, 0.4) is 0 Å². The van der Waals surface area contributed by atoms with Crippen molar-refractivity contribution < 1.29 is 4.79 Å². The minimum absolute atomic E-state index is 0.112. The van der Waals surface area contributed by atoms with Crippen molar-refractivity contribution in [3.8, 4) is 11.3 Å². The SMILES string of the molecule is CC(Nc1c(-c2ccc(N(C)C)cc2)nc2cnccn12)C(=O)N1CCN(C)CC1. The summed E-state index contributed by atoms with van der Waals surface area (Å²) in [5.41, 5.74) is 3.67. The molecule has 2 aromatic heterocycles. The zero-order valence-corrected chi connectivity index (χ0v) is 18.0. The second kappa shape index (κ2) is 8.31. The standard InChI is InChI=1S/C22H29N7O/c1-16(22(30)28-13-11-27(4)12-14-28)24-21-20(25-19-15-23-9-10-29(19)21)17-5-7-18(8-6-17)26(2)3/h5-10,15-16,24H,11-14H2,1-4H3. The van der Waals surface area contributed by atoms with Crippen molar-refractivity contribution >= 4 is 23.1 Å². The van der Waals surface area contributed by atoms with Crippen molar-refractivity contribution in [1.29, 1.82) is 0 Å². The van der Waals surface area contributed by atoms with Gasteiger partial charge in [0.2, 0.25) is 5.91 Å². The topological polar surface area (TPSA) is 69.0 Å². The third kappa shape index (κ3) is 3.95. The molecule has 1 unspecified atom stereocenters. The van der Waals surface area contributed by atoms with Gasteiger partial charge in [-0.2, -0.15) is 0 Å². The summed E-state index contributed by atoms with van der Waals surface area (Å²) in [6.45, 7) is 5.25. The maximum Gasteiger partial charge on any atom is 0.244 e. The van der Waals surface area contributed by atoms with E-state index in [4.69, 9.17) is 4.98 Å². The molecule has 1 amide bonds. The fourth-order valence-electron chi connectivity index (χ4n) is 3.73. The summed E-state index contributed by atoms with van der Waals surface area (Å²) >= 11 is 0. The van der Waals surface area contributed by atoms with Crippen LogP contribution < -0.4 is 10.2 Å². The maximum absolute atomic E-state index is 13.0. The Morgan fingerprint density at radius 1 is 1.13 bits per heavy atom. The lowest BCUT2D eigenvalue weighted by Crippen LogP contribution is -2.51. The van der Waals surface area contributed by atoms with E-state index in [1.54, 1.807) is 12.4 Å². The summed E-state index contributed by atoms with van der Waals surface area (Å²) in [6, 6.07) is 7.90. The quantitative estimate of drug-likeness (QED) is 0.698. The minimum atomic E-state index is -0.360. The van der Waals surface area contributed by atoms with E-state index >= 15 is 0 Å². The van der Waals surface area contributed by atoms with Gasteiger partial charge in [-0.25, -0.2) is 4.98 Å². The lowest BCUT2D eigenvalue weighted by molar-refractivity contribution is -0.133. The van der Waals surface area contributed by atoms with E-state index < -0.39 is 0 Å². The number of benzene rings is 1. The number of nitrogens with one attached hydrogen (secondary N) is 1. The van der Waals surface area contributed by atoms with Crippen molar-refractivity contribution in [2.75, 3.05) is 57.5 Å². The van der Waals surface area contributed by atoms with Crippen molar-refractivity contribution in [2.45, 2.75) is 13.0 Å². The molecule has 0 saturated carbocycles. The normalized spacial score (nSPS) is 15.9. The van der Waals surface area contributed by atoms with Crippen molar-refractivity contribution in [1.82, 2.24) is 24.2 Å². The Morgan fingerprint density at radius 2 is 1.83 bits per heavy atom. The molecule has 8 nitrogen and oxygen atoms in total. The number of imidazole rings is 1. The molecular weight excluding hydrogens is 378 g/mol. The summed E-state index contributed by atoms with van der Waals surface area (Å²) in [6.07, 6.45) is 5.33. The molecule has 1 N–H and O–H groups in total. The average molecular weight is 408 g/mol. The highest BCUT2D eigenvalue weighted by Gasteiger charge is 2.25. The Morgan fingerprint density at radius 3 is 2.50 bits per heavy atom. The fourth-order valence-corrected chi connectivity index (χ4v) is 3.73. The molecule has 1 saturated heterocycles. The first-order valence-corrected chi connectivity index (χ1v) is 10.3. The number of fused-ring (bicyclic) bond motifs is 1. The molecule has 0 bridgehead atoms. The van der Waals surface area contributed by atoms with Gasteiger partial charge < -0.3 is 20.0 Å². The number of carbonyl (C=O) groups excluding carboxylic acids is 1. The predicted octanol–water partition coefficient (Wildman–Crippen LogP) is 2.04. The molecule has 3 aromatic rings. The molecule has 3 heterocycles. The number of rotatable bonds is 5. The molecule has 8 heteroatoms. The first-order chi connectivity index (χ1) is 14.4. The number of aromatic nitrogens is 3. The fraction of sp³-hybridized carbons (Fsp3) is 0.409. The van der Waals surface area contributed by atoms with E-state index in [0.29, 0.717) is 0 Å². The number of piperazine rings is 1. The van der Waals surface area contributed by atoms with Gasteiger partial charge in [0.05, 0.1) is 6.20 Å². The van der Waals surface area contributed by atoms with Gasteiger partial charge in [-0.15, -0.1) is 0 Å². The zero-order chi connectivity index (χ0) is 21.3. The number of anilines is 2. The third-order valence-corrected chi connectivity index (χ3v) is 5.63. The van der Waals surface area contributed by atoms with Crippen molar-refractivity contribution in [3.63, 3.8) is 0 Å². The van der Waals surface area contributed by atoms with Gasteiger partial charge in [0.25, 0.3) is 0 Å². The molecular formula is C22H29N7O. The first kappa shape index (κ1) is 20.2. The minimum Gasteiger partial charge on any atom is -0.378 e. The van der Waals surface area contributed by atoms with Gasteiger partial charge in [0.1, 0.15) is 17.6 Å². The largest absolute Gasteiger partial charge is 0.378 e. The molecule has 1 fully saturated rings. The van der Waals surface area contributed by atoms with Crippen LogP contribution in [0.25, 0.3) is 16.9 Å². The second-order valence-corrected chi connectivity index (χ2v) is 8.05. The monoisotopic (exact) mass is 407 g/mol. The highest BCUT2D eigenvalue weighted by molar-refractivity contribution is 5.86. The van der Waals surface area contributed by atoms with Gasteiger partial charge in [-0.3, -0.25) is 14.2 Å². The van der Waals surface area contributed by atoms with Crippen LogP contribution in [0.15, 0.2) is 42.9 Å². The first-order valence-electron chi connectivity index (χ1n) is 10.3. The molecule has 158 valence electrons. The average Bonchev–Trinajstić information content (AvgIpc) is 3.12. The lowest BCUT2D eigenvalue weighted by atomic mass is 10.1. The third-order valence-electron chi connectivity index (χ3n) is 5.63. The molecule has 0 aliphatic carbocycles. The van der Waals surface area contributed by atoms with E-state index in [-0.39, 0.29) is 11.9 Å². The number of hydrogen-bond acceptors (Lipinski definition) is 6. The van der Waals surface area contributed by atoms with Crippen LogP contribution in [0.4, 0.5) is 11.5 Å². The Labute approximate surface area is 177 Å². The number of amides is 1. The second-order valence-electron chi connectivity index (χ2n) is 8.05. The van der Waals surface area contributed by atoms with Gasteiger partial charge >= 0.3 is 0 Å². The van der Waals surface area contributed by atoms with Crippen LogP contribution >= 0.6 is 0 Å². The number of likely N-dealkylation sites (N-methyl/N-ethyl adjacent to an activating group) is 1. The molecule has 1 aliphatic rings. The van der Waals surface area contributed by atoms with E-state index in [2.05, 4.69) is 51.4 Å². The molecule has 0 spiro atoms. The highest BCUT2D eigenvalue weighted by atomic mass is 16.2. The van der Waals surface area contributed by atoms with E-state index in [0.717, 1.165) is 54.6 Å². The van der Waals surface area contributed by atoms with Crippen LogP contribution in [-0.2, 0) is 4.79 Å². The Hall–Kier alpha value is -3.13. The lowest BCUT2D eigenvalue weighted by Gasteiger charge is -2.34. The summed E-state index contributed by atoms with van der Waals surface area (Å²) < 4.78 is 1.95. The van der Waals surface area contributed by atoms with Gasteiger partial charge in [0, 0.05) is 63.9 Å². The Bertz CT molecular complexity index is 1020. The number of hydrogen-bond donors (Lipinski definition) is 1. The predicted molar refractivity (Wildman–Crippen MR) is 120 cm³/mol. The van der Waals surface area contributed by atoms with Gasteiger partial charge in [0.15, 0.2) is 5.65 Å². The van der Waals surface area contributed by atoms with Gasteiger partial charge in [-0.05, 0) is 26.1 Å². The zero-order valence-electron chi connectivity index (χ0n) is 18.0. The molecule has 0 radical (unpaired) electrons. The summed E-state index contributed by atoms with van der Waals surface area (Å²) in [7, 11) is 6.12. The molecule has 1 atom stereocenters. The Balaban J connectivity index is 1.64. The Kier molecular flexibility index (Phi) is 5.59. The van der Waals surface area contributed by atoms with Crippen molar-refractivity contribution in [2.24, 2.45) is 0 Å². The number of carbonyl (C=O) groups is 1. The van der Waals surface area contributed by atoms with E-state index in [9.17, 15) is 4.79 Å². The van der Waals surface area contributed by atoms with E-state index in [1.165, 1.54) is 0 Å². The molecule has 1 aromatic carbocycles. The summed E-state index contributed by atoms with van der Waals surface area (Å²) in [4.78, 5) is 28.3. The van der Waals surface area contributed by atoms with Crippen LogP contribution in [0.5, 0.6) is 0 Å². The highest BCUT2D eigenvalue weighted by Crippen LogP contribution is 2.30. The number of nitrogens with zero attached hydrogens (tertiary/aromatic N) is 6. The van der Waals surface area contributed by atoms with Crippen LogP contribution in [0, 0.1) is 0 Å². The van der Waals surface area contributed by atoms with Crippen LogP contribution in [-0.4, -0.2) is 83.4 Å².